The number of halogens is 1. The lowest BCUT2D eigenvalue weighted by Crippen LogP contribution is -2.35. The van der Waals surface area contributed by atoms with Crippen molar-refractivity contribution in [1.29, 1.82) is 0 Å². The summed E-state index contributed by atoms with van der Waals surface area (Å²) in [5, 5.41) is 2.70. The average molecular weight is 421 g/mol. The third kappa shape index (κ3) is 5.55. The smallest absolute Gasteiger partial charge is 0.258 e. The number of piperidine rings is 1. The van der Waals surface area contributed by atoms with Gasteiger partial charge in [-0.05, 0) is 61.2 Å². The van der Waals surface area contributed by atoms with Crippen molar-refractivity contribution in [2.45, 2.75) is 37.6 Å². The van der Waals surface area contributed by atoms with Crippen LogP contribution in [0.25, 0.3) is 0 Å². The molecule has 3 rings (SSSR count). The van der Waals surface area contributed by atoms with E-state index in [1.54, 1.807) is 31.2 Å². The number of hydrogen-bond acceptors (Lipinski definition) is 4. The van der Waals surface area contributed by atoms with Gasteiger partial charge in [-0.3, -0.25) is 4.79 Å². The van der Waals surface area contributed by atoms with Crippen LogP contribution in [0.3, 0.4) is 0 Å². The van der Waals surface area contributed by atoms with E-state index in [1.807, 2.05) is 0 Å². The Bertz CT molecular complexity index is 955. The fourth-order valence-corrected chi connectivity index (χ4v) is 4.80. The average Bonchev–Trinajstić information content (AvgIpc) is 2.73. The number of rotatable bonds is 7. The van der Waals surface area contributed by atoms with E-state index < -0.39 is 10.0 Å². The van der Waals surface area contributed by atoms with Crippen molar-refractivity contribution in [2.75, 3.05) is 19.7 Å². The van der Waals surface area contributed by atoms with Gasteiger partial charge < -0.3 is 10.1 Å². The second-order valence-corrected chi connectivity index (χ2v) is 9.02. The van der Waals surface area contributed by atoms with E-state index >= 15 is 0 Å². The molecule has 0 bridgehead atoms. The summed E-state index contributed by atoms with van der Waals surface area (Å²) < 4.78 is 45.5. The number of hydrogen-bond donors (Lipinski definition) is 1. The fourth-order valence-electron chi connectivity index (χ4n) is 3.20. The molecule has 29 heavy (non-hydrogen) atoms. The molecule has 1 aliphatic heterocycles. The van der Waals surface area contributed by atoms with E-state index in [0.717, 1.165) is 24.8 Å². The molecule has 8 heteroatoms. The summed E-state index contributed by atoms with van der Waals surface area (Å²) in [6.07, 6.45) is 2.82. The SMILES string of the molecule is Cc1cc(S(=O)(=O)N2CCCCC2)ccc1OCC(=O)NCc1ccc(F)cc1. The van der Waals surface area contributed by atoms with E-state index in [9.17, 15) is 17.6 Å². The first-order chi connectivity index (χ1) is 13.9. The first-order valence-corrected chi connectivity index (χ1v) is 11.0. The highest BCUT2D eigenvalue weighted by molar-refractivity contribution is 7.89. The molecule has 0 aromatic heterocycles. The van der Waals surface area contributed by atoms with Gasteiger partial charge >= 0.3 is 0 Å². The van der Waals surface area contributed by atoms with Crippen LogP contribution >= 0.6 is 0 Å². The van der Waals surface area contributed by atoms with Crippen molar-refractivity contribution < 1.29 is 22.3 Å². The van der Waals surface area contributed by atoms with Crippen LogP contribution in [0.4, 0.5) is 4.39 Å². The molecular weight excluding hydrogens is 395 g/mol. The van der Waals surface area contributed by atoms with E-state index in [1.165, 1.54) is 22.5 Å². The van der Waals surface area contributed by atoms with Crippen molar-refractivity contribution in [3.05, 3.63) is 59.4 Å². The number of benzene rings is 2. The maximum absolute atomic E-state index is 12.9. The van der Waals surface area contributed by atoms with Gasteiger partial charge in [0.2, 0.25) is 10.0 Å². The van der Waals surface area contributed by atoms with Crippen molar-refractivity contribution >= 4 is 15.9 Å². The molecule has 6 nitrogen and oxygen atoms in total. The Hall–Kier alpha value is -2.45. The number of sulfonamides is 1. The summed E-state index contributed by atoms with van der Waals surface area (Å²) in [7, 11) is -3.50. The number of amides is 1. The monoisotopic (exact) mass is 420 g/mol. The van der Waals surface area contributed by atoms with Crippen molar-refractivity contribution in [1.82, 2.24) is 9.62 Å². The number of ether oxygens (including phenoxy) is 1. The van der Waals surface area contributed by atoms with Gasteiger partial charge in [0.15, 0.2) is 6.61 Å². The highest BCUT2D eigenvalue weighted by Crippen LogP contribution is 2.25. The van der Waals surface area contributed by atoms with Gasteiger partial charge in [-0.15, -0.1) is 0 Å². The van der Waals surface area contributed by atoms with Gasteiger partial charge in [0.25, 0.3) is 5.91 Å². The van der Waals surface area contributed by atoms with Crippen LogP contribution in [0.1, 0.15) is 30.4 Å². The molecule has 0 unspecified atom stereocenters. The molecule has 1 heterocycles. The number of carbonyl (C=O) groups is 1. The zero-order chi connectivity index (χ0) is 20.9. The Kier molecular flexibility index (Phi) is 6.87. The Morgan fingerprint density at radius 3 is 2.45 bits per heavy atom. The van der Waals surface area contributed by atoms with E-state index in [0.29, 0.717) is 24.4 Å². The van der Waals surface area contributed by atoms with Crippen LogP contribution in [-0.2, 0) is 21.4 Å². The van der Waals surface area contributed by atoms with Crippen LogP contribution in [0.15, 0.2) is 47.4 Å². The lowest BCUT2D eigenvalue weighted by Gasteiger charge is -2.26. The summed E-state index contributed by atoms with van der Waals surface area (Å²) in [6, 6.07) is 10.5. The first kappa shape index (κ1) is 21.3. The molecular formula is C21H25FN2O4S. The van der Waals surface area contributed by atoms with Crippen molar-refractivity contribution in [2.24, 2.45) is 0 Å². The van der Waals surface area contributed by atoms with Crippen molar-refractivity contribution in [3.8, 4) is 5.75 Å². The second-order valence-electron chi connectivity index (χ2n) is 7.08. The molecule has 0 atom stereocenters. The van der Waals surface area contributed by atoms with Gasteiger partial charge in [-0.2, -0.15) is 4.31 Å². The van der Waals surface area contributed by atoms with E-state index in [-0.39, 0.29) is 29.8 Å². The summed E-state index contributed by atoms with van der Waals surface area (Å²) in [5.41, 5.74) is 1.43. The van der Waals surface area contributed by atoms with Gasteiger partial charge in [0, 0.05) is 19.6 Å². The Balaban J connectivity index is 1.56. The zero-order valence-corrected chi connectivity index (χ0v) is 17.2. The molecule has 2 aromatic rings. The number of nitrogens with one attached hydrogen (secondary N) is 1. The lowest BCUT2D eigenvalue weighted by atomic mass is 10.2. The zero-order valence-electron chi connectivity index (χ0n) is 16.4. The maximum atomic E-state index is 12.9. The molecule has 0 spiro atoms. The maximum Gasteiger partial charge on any atom is 0.258 e. The Labute approximate surface area is 170 Å². The molecule has 1 saturated heterocycles. The minimum absolute atomic E-state index is 0.194. The third-order valence-electron chi connectivity index (χ3n) is 4.86. The summed E-state index contributed by atoms with van der Waals surface area (Å²) in [4.78, 5) is 12.2. The first-order valence-electron chi connectivity index (χ1n) is 9.61. The largest absolute Gasteiger partial charge is 0.484 e. The number of nitrogens with zero attached hydrogens (tertiary/aromatic N) is 1. The van der Waals surface area contributed by atoms with Crippen LogP contribution in [-0.4, -0.2) is 38.3 Å². The summed E-state index contributed by atoms with van der Waals surface area (Å²) in [6.45, 7) is 2.93. The highest BCUT2D eigenvalue weighted by atomic mass is 32.2. The molecule has 0 radical (unpaired) electrons. The van der Waals surface area contributed by atoms with Crippen LogP contribution in [0, 0.1) is 12.7 Å². The minimum Gasteiger partial charge on any atom is -0.484 e. The van der Waals surface area contributed by atoms with Crippen LogP contribution in [0.5, 0.6) is 5.75 Å². The van der Waals surface area contributed by atoms with Crippen LogP contribution < -0.4 is 10.1 Å². The minimum atomic E-state index is -3.50. The van der Waals surface area contributed by atoms with Gasteiger partial charge in [-0.1, -0.05) is 18.6 Å². The molecule has 1 aliphatic rings. The molecule has 1 fully saturated rings. The second kappa shape index (κ2) is 9.37. The highest BCUT2D eigenvalue weighted by Gasteiger charge is 2.26. The molecule has 0 aliphatic carbocycles. The lowest BCUT2D eigenvalue weighted by molar-refractivity contribution is -0.123. The fraction of sp³-hybridized carbons (Fsp3) is 0.381. The predicted molar refractivity (Wildman–Crippen MR) is 108 cm³/mol. The summed E-state index contributed by atoms with van der Waals surface area (Å²) in [5.74, 6) is -0.192. The standard InChI is InChI=1S/C21H25FN2O4S/c1-16-13-19(29(26,27)24-11-3-2-4-12-24)9-10-20(16)28-15-21(25)23-14-17-5-7-18(22)8-6-17/h5-10,13H,2-4,11-12,14-15H2,1H3,(H,23,25). The normalized spacial score (nSPS) is 15.1. The van der Waals surface area contributed by atoms with Crippen molar-refractivity contribution in [3.63, 3.8) is 0 Å². The van der Waals surface area contributed by atoms with Crippen LogP contribution in [0.2, 0.25) is 0 Å². The third-order valence-corrected chi connectivity index (χ3v) is 6.76. The van der Waals surface area contributed by atoms with Gasteiger partial charge in [0.1, 0.15) is 11.6 Å². The topological polar surface area (TPSA) is 75.7 Å². The number of carbonyl (C=O) groups excluding carboxylic acids is 1. The van der Waals surface area contributed by atoms with Gasteiger partial charge in [0.05, 0.1) is 4.90 Å². The summed E-state index contributed by atoms with van der Waals surface area (Å²) >= 11 is 0. The predicted octanol–water partition coefficient (Wildman–Crippen LogP) is 3.00. The quantitative estimate of drug-likeness (QED) is 0.747. The molecule has 156 valence electrons. The Morgan fingerprint density at radius 1 is 1.10 bits per heavy atom. The molecule has 2 aromatic carbocycles. The van der Waals surface area contributed by atoms with Gasteiger partial charge in [-0.25, -0.2) is 12.8 Å². The molecule has 1 N–H and O–H groups in total. The Morgan fingerprint density at radius 2 is 1.79 bits per heavy atom. The van der Waals surface area contributed by atoms with E-state index in [2.05, 4.69) is 5.32 Å². The molecule has 0 saturated carbocycles. The molecule has 1 amide bonds. The van der Waals surface area contributed by atoms with E-state index in [4.69, 9.17) is 4.74 Å². The number of aryl methyl sites for hydroxylation is 1.